The molecule has 0 bridgehead atoms. The third kappa shape index (κ3) is 2.83. The van der Waals surface area contributed by atoms with Crippen molar-refractivity contribution in [2.45, 2.75) is 6.54 Å². The van der Waals surface area contributed by atoms with Gasteiger partial charge in [0.1, 0.15) is 0 Å². The molecule has 0 aromatic carbocycles. The van der Waals surface area contributed by atoms with Gasteiger partial charge in [0.25, 0.3) is 0 Å². The van der Waals surface area contributed by atoms with E-state index in [0.29, 0.717) is 19.7 Å². The highest BCUT2D eigenvalue weighted by Gasteiger charge is 2.57. The van der Waals surface area contributed by atoms with Crippen LogP contribution in [0.3, 0.4) is 0 Å². The largest absolute Gasteiger partial charge is 0.481 e. The first-order valence-electron chi connectivity index (χ1n) is 7.18. The van der Waals surface area contributed by atoms with Crippen LogP contribution >= 0.6 is 11.3 Å². The Labute approximate surface area is 128 Å². The number of likely N-dealkylation sites (tertiary alicyclic amines) is 2. The molecule has 2 fully saturated rings. The van der Waals surface area contributed by atoms with E-state index in [0.717, 1.165) is 31.9 Å². The van der Waals surface area contributed by atoms with Crippen molar-refractivity contribution in [2.75, 3.05) is 46.4 Å². The number of nitrogens with zero attached hydrogens (tertiary/aromatic N) is 3. The Morgan fingerprint density at radius 3 is 2.90 bits per heavy atom. The summed E-state index contributed by atoms with van der Waals surface area (Å²) in [6.45, 7) is 5.17. The van der Waals surface area contributed by atoms with Gasteiger partial charge in [0.2, 0.25) is 0 Å². The SMILES string of the molecule is COCCN1C[C@@H]2CN(Cc3cscn3)C[C@]2(C(=O)O)C1. The highest BCUT2D eigenvalue weighted by atomic mass is 32.1. The van der Waals surface area contributed by atoms with Crippen LogP contribution in [0.4, 0.5) is 0 Å². The van der Waals surface area contributed by atoms with E-state index in [1.165, 1.54) is 0 Å². The maximum Gasteiger partial charge on any atom is 0.312 e. The maximum atomic E-state index is 11.9. The van der Waals surface area contributed by atoms with Gasteiger partial charge in [0, 0.05) is 57.7 Å². The first-order valence-corrected chi connectivity index (χ1v) is 8.12. The van der Waals surface area contributed by atoms with Crippen molar-refractivity contribution in [3.63, 3.8) is 0 Å². The summed E-state index contributed by atoms with van der Waals surface area (Å²) in [5, 5.41) is 11.8. The summed E-state index contributed by atoms with van der Waals surface area (Å²) in [4.78, 5) is 20.6. The second-order valence-electron chi connectivity index (χ2n) is 6.04. The molecule has 2 saturated heterocycles. The number of rotatable bonds is 6. The minimum Gasteiger partial charge on any atom is -0.481 e. The van der Waals surface area contributed by atoms with Crippen molar-refractivity contribution in [2.24, 2.45) is 11.3 Å². The van der Waals surface area contributed by atoms with Gasteiger partial charge in [-0.05, 0) is 0 Å². The van der Waals surface area contributed by atoms with Crippen LogP contribution in [-0.2, 0) is 16.1 Å². The molecule has 3 heterocycles. The third-order valence-electron chi connectivity index (χ3n) is 4.66. The molecule has 1 aromatic heterocycles. The van der Waals surface area contributed by atoms with Crippen molar-refractivity contribution < 1.29 is 14.6 Å². The highest BCUT2D eigenvalue weighted by molar-refractivity contribution is 7.07. The predicted octanol–water partition coefficient (Wildman–Crippen LogP) is 0.608. The molecule has 1 aromatic rings. The van der Waals surface area contributed by atoms with Crippen LogP contribution in [-0.4, -0.2) is 72.3 Å². The van der Waals surface area contributed by atoms with E-state index in [9.17, 15) is 9.90 Å². The molecule has 3 rings (SSSR count). The molecule has 0 aliphatic carbocycles. The molecule has 2 atom stereocenters. The number of fused-ring (bicyclic) bond motifs is 1. The van der Waals surface area contributed by atoms with E-state index in [-0.39, 0.29) is 5.92 Å². The standard InChI is InChI=1S/C14H21N3O3S/c1-20-3-2-16-4-11-5-17(6-12-7-21-10-15-12)9-14(11,8-16)13(18)19/h7,10-11H,2-6,8-9H2,1H3,(H,18,19)/t11-,14-/m1/s1. The van der Waals surface area contributed by atoms with Gasteiger partial charge < -0.3 is 9.84 Å². The number of aliphatic carboxylic acids is 1. The molecule has 0 amide bonds. The molecule has 0 unspecified atom stereocenters. The summed E-state index contributed by atoms with van der Waals surface area (Å²) in [6.07, 6.45) is 0. The fraction of sp³-hybridized carbons (Fsp3) is 0.714. The summed E-state index contributed by atoms with van der Waals surface area (Å²) in [5.41, 5.74) is 2.24. The zero-order valence-electron chi connectivity index (χ0n) is 12.2. The third-order valence-corrected chi connectivity index (χ3v) is 5.29. The summed E-state index contributed by atoms with van der Waals surface area (Å²) >= 11 is 1.58. The lowest BCUT2D eigenvalue weighted by molar-refractivity contribution is -0.149. The molecule has 21 heavy (non-hydrogen) atoms. The second kappa shape index (κ2) is 6.00. The van der Waals surface area contributed by atoms with Crippen molar-refractivity contribution in [3.05, 3.63) is 16.6 Å². The van der Waals surface area contributed by atoms with Crippen LogP contribution in [0.5, 0.6) is 0 Å². The minimum absolute atomic E-state index is 0.200. The summed E-state index contributed by atoms with van der Waals surface area (Å²) in [5.74, 6) is -0.460. The van der Waals surface area contributed by atoms with E-state index >= 15 is 0 Å². The Morgan fingerprint density at radius 1 is 1.52 bits per heavy atom. The quantitative estimate of drug-likeness (QED) is 0.830. The summed E-state index contributed by atoms with van der Waals surface area (Å²) in [7, 11) is 1.68. The molecule has 116 valence electrons. The molecule has 2 aliphatic heterocycles. The van der Waals surface area contributed by atoms with Gasteiger partial charge in [-0.15, -0.1) is 11.3 Å². The van der Waals surface area contributed by atoms with Crippen LogP contribution in [0.25, 0.3) is 0 Å². The number of thiazole rings is 1. The number of methoxy groups -OCH3 is 1. The lowest BCUT2D eigenvalue weighted by atomic mass is 9.81. The number of hydrogen-bond acceptors (Lipinski definition) is 6. The van der Waals surface area contributed by atoms with Crippen LogP contribution in [0.15, 0.2) is 10.9 Å². The summed E-state index contributed by atoms with van der Waals surface area (Å²) in [6, 6.07) is 0. The van der Waals surface area contributed by atoms with E-state index in [1.807, 2.05) is 10.9 Å². The minimum atomic E-state index is -0.659. The monoisotopic (exact) mass is 311 g/mol. The molecule has 0 spiro atoms. The normalized spacial score (nSPS) is 29.9. The second-order valence-corrected chi connectivity index (χ2v) is 6.75. The van der Waals surface area contributed by atoms with Gasteiger partial charge in [-0.25, -0.2) is 4.98 Å². The molecular formula is C14H21N3O3S. The van der Waals surface area contributed by atoms with E-state index in [2.05, 4.69) is 14.8 Å². The molecule has 6 nitrogen and oxygen atoms in total. The number of carboxylic acid groups (broad SMARTS) is 1. The zero-order chi connectivity index (χ0) is 14.9. The van der Waals surface area contributed by atoms with E-state index in [4.69, 9.17) is 4.74 Å². The van der Waals surface area contributed by atoms with E-state index < -0.39 is 11.4 Å². The van der Waals surface area contributed by atoms with Crippen molar-refractivity contribution >= 4 is 17.3 Å². The van der Waals surface area contributed by atoms with Crippen molar-refractivity contribution in [1.29, 1.82) is 0 Å². The molecule has 2 aliphatic rings. The Bertz CT molecular complexity index is 496. The maximum absolute atomic E-state index is 11.9. The molecule has 0 radical (unpaired) electrons. The Hall–Kier alpha value is -1.02. The zero-order valence-corrected chi connectivity index (χ0v) is 13.0. The van der Waals surface area contributed by atoms with Gasteiger partial charge in [0.15, 0.2) is 0 Å². The fourth-order valence-corrected chi connectivity index (χ4v) is 4.18. The Balaban J connectivity index is 1.67. The number of ether oxygens (including phenoxy) is 1. The Kier molecular flexibility index (Phi) is 4.26. The number of carbonyl (C=O) groups is 1. The predicted molar refractivity (Wildman–Crippen MR) is 79.3 cm³/mol. The number of hydrogen-bond donors (Lipinski definition) is 1. The number of carboxylic acids is 1. The lowest BCUT2D eigenvalue weighted by Gasteiger charge is -2.25. The van der Waals surface area contributed by atoms with Crippen LogP contribution in [0, 0.1) is 11.3 Å². The van der Waals surface area contributed by atoms with Crippen LogP contribution in [0.2, 0.25) is 0 Å². The van der Waals surface area contributed by atoms with Crippen molar-refractivity contribution in [1.82, 2.24) is 14.8 Å². The molecule has 1 N–H and O–H groups in total. The Morgan fingerprint density at radius 2 is 2.29 bits per heavy atom. The van der Waals surface area contributed by atoms with Crippen molar-refractivity contribution in [3.8, 4) is 0 Å². The van der Waals surface area contributed by atoms with Crippen LogP contribution < -0.4 is 0 Å². The van der Waals surface area contributed by atoms with Gasteiger partial charge in [0.05, 0.1) is 23.2 Å². The highest BCUT2D eigenvalue weighted by Crippen LogP contribution is 2.43. The van der Waals surface area contributed by atoms with Gasteiger partial charge in [-0.2, -0.15) is 0 Å². The molecule has 0 saturated carbocycles. The average Bonchev–Trinajstić information content (AvgIpc) is 3.11. The van der Waals surface area contributed by atoms with Gasteiger partial charge in [-0.3, -0.25) is 14.6 Å². The van der Waals surface area contributed by atoms with Gasteiger partial charge in [-0.1, -0.05) is 0 Å². The summed E-state index contributed by atoms with van der Waals surface area (Å²) < 4.78 is 5.10. The smallest absolute Gasteiger partial charge is 0.312 e. The fourth-order valence-electron chi connectivity index (χ4n) is 3.63. The number of aromatic nitrogens is 1. The van der Waals surface area contributed by atoms with Gasteiger partial charge >= 0.3 is 5.97 Å². The van der Waals surface area contributed by atoms with E-state index in [1.54, 1.807) is 18.4 Å². The first-order chi connectivity index (χ1) is 10.1. The average molecular weight is 311 g/mol. The topological polar surface area (TPSA) is 65.9 Å². The molecule has 7 heteroatoms. The lowest BCUT2D eigenvalue weighted by Crippen LogP contribution is -2.41. The molecular weight excluding hydrogens is 290 g/mol. The van der Waals surface area contributed by atoms with Crippen LogP contribution in [0.1, 0.15) is 5.69 Å². The first kappa shape index (κ1) is 14.9.